The molecule has 1 heterocycles. The molecule has 0 aliphatic carbocycles. The second-order valence-electron chi connectivity index (χ2n) is 5.90. The lowest BCUT2D eigenvalue weighted by molar-refractivity contribution is -0.115. The number of carbonyl (C=O) groups excluding carboxylic acids is 1. The predicted molar refractivity (Wildman–Crippen MR) is 109 cm³/mol. The van der Waals surface area contributed by atoms with Gasteiger partial charge in [0.15, 0.2) is 11.0 Å². The highest BCUT2D eigenvalue weighted by molar-refractivity contribution is 7.99. The monoisotopic (exact) mass is 382 g/mol. The van der Waals surface area contributed by atoms with Gasteiger partial charge in [0.2, 0.25) is 5.91 Å². The number of aromatic nitrogens is 3. The molecule has 6 nitrogen and oxygen atoms in total. The quantitative estimate of drug-likeness (QED) is 0.449. The fourth-order valence-corrected chi connectivity index (χ4v) is 3.66. The molecule has 7 heteroatoms. The molecule has 3 aromatic rings. The van der Waals surface area contributed by atoms with Crippen molar-refractivity contribution in [3.05, 3.63) is 60.9 Å². The first-order valence-corrected chi connectivity index (χ1v) is 9.64. The summed E-state index contributed by atoms with van der Waals surface area (Å²) < 4.78 is 7.09. The van der Waals surface area contributed by atoms with Gasteiger partial charge in [0.05, 0.1) is 0 Å². The Kier molecular flexibility index (Phi) is 6.62. The lowest BCUT2D eigenvalue weighted by atomic mass is 10.1. The van der Waals surface area contributed by atoms with Crippen LogP contribution >= 0.6 is 11.8 Å². The molecule has 0 spiro atoms. The van der Waals surface area contributed by atoms with Crippen LogP contribution in [0.1, 0.15) is 12.2 Å². The fourth-order valence-electron chi connectivity index (χ4n) is 2.76. The van der Waals surface area contributed by atoms with Crippen molar-refractivity contribution in [2.45, 2.75) is 24.7 Å². The maximum atomic E-state index is 12.4. The van der Waals surface area contributed by atoms with E-state index in [0.29, 0.717) is 25.3 Å². The van der Waals surface area contributed by atoms with E-state index in [-0.39, 0.29) is 5.91 Å². The van der Waals surface area contributed by atoms with Crippen molar-refractivity contribution in [1.82, 2.24) is 14.8 Å². The molecule has 0 unspecified atom stereocenters. The van der Waals surface area contributed by atoms with E-state index in [1.807, 2.05) is 47.0 Å². The third-order valence-electron chi connectivity index (χ3n) is 4.00. The Morgan fingerprint density at radius 3 is 2.89 bits per heavy atom. The first-order valence-electron chi connectivity index (χ1n) is 8.65. The number of allylic oxidation sites excluding steroid dienone is 1. The fraction of sp³-hybridized carbons (Fsp3) is 0.250. The summed E-state index contributed by atoms with van der Waals surface area (Å²) in [6.45, 7) is 4.77. The number of nitrogens with one attached hydrogen (secondary N) is 1. The minimum absolute atomic E-state index is 0.0224. The maximum absolute atomic E-state index is 12.4. The summed E-state index contributed by atoms with van der Waals surface area (Å²) in [6, 6.07) is 13.9. The number of ether oxygens (including phenoxy) is 1. The second-order valence-corrected chi connectivity index (χ2v) is 6.97. The Hall–Kier alpha value is -2.64. The highest BCUT2D eigenvalue weighted by atomic mass is 32.2. The van der Waals surface area contributed by atoms with Crippen molar-refractivity contribution < 1.29 is 9.53 Å². The summed E-state index contributed by atoms with van der Waals surface area (Å²) in [5, 5.41) is 14.2. The number of fused-ring (bicyclic) bond motifs is 1. The first kappa shape index (κ1) is 19.1. The number of rotatable bonds is 9. The molecule has 0 aliphatic heterocycles. The lowest BCUT2D eigenvalue weighted by Crippen LogP contribution is -2.12. The third-order valence-corrected chi connectivity index (χ3v) is 4.97. The van der Waals surface area contributed by atoms with Crippen LogP contribution in [0, 0.1) is 0 Å². The van der Waals surface area contributed by atoms with Gasteiger partial charge in [0.1, 0.15) is 6.61 Å². The van der Waals surface area contributed by atoms with Gasteiger partial charge >= 0.3 is 0 Å². The summed E-state index contributed by atoms with van der Waals surface area (Å²) in [5.74, 6) is 1.34. The number of methoxy groups -OCH3 is 1. The molecule has 1 aromatic heterocycles. The van der Waals surface area contributed by atoms with Crippen molar-refractivity contribution >= 4 is 34.1 Å². The molecular formula is C20H22N4O2S. The van der Waals surface area contributed by atoms with Gasteiger partial charge < -0.3 is 14.6 Å². The molecule has 1 amide bonds. The molecule has 27 heavy (non-hydrogen) atoms. The van der Waals surface area contributed by atoms with E-state index in [4.69, 9.17) is 4.74 Å². The number of hydrogen-bond acceptors (Lipinski definition) is 5. The van der Waals surface area contributed by atoms with E-state index >= 15 is 0 Å². The molecular weight excluding hydrogens is 360 g/mol. The minimum atomic E-state index is -0.0224. The molecule has 1 N–H and O–H groups in total. The molecule has 0 fully saturated rings. The van der Waals surface area contributed by atoms with Crippen LogP contribution in [0.15, 0.2) is 60.3 Å². The number of thioether (sulfide) groups is 1. The number of nitrogens with zero attached hydrogens (tertiary/aromatic N) is 3. The number of hydrogen-bond donors (Lipinski definition) is 1. The zero-order chi connectivity index (χ0) is 19.1. The Morgan fingerprint density at radius 2 is 2.07 bits per heavy atom. The zero-order valence-corrected chi connectivity index (χ0v) is 16.0. The highest BCUT2D eigenvalue weighted by Gasteiger charge is 2.12. The van der Waals surface area contributed by atoms with Crippen molar-refractivity contribution in [2.75, 3.05) is 18.2 Å². The number of benzene rings is 2. The normalized spacial score (nSPS) is 10.9. The van der Waals surface area contributed by atoms with Crippen molar-refractivity contribution in [1.29, 1.82) is 0 Å². The zero-order valence-electron chi connectivity index (χ0n) is 15.2. The van der Waals surface area contributed by atoms with Crippen LogP contribution in [-0.4, -0.2) is 33.5 Å². The molecule has 140 valence electrons. The SMILES string of the molecule is C=CCn1c(COC)nnc1SCCC(=O)Nc1cccc2ccccc12. The summed E-state index contributed by atoms with van der Waals surface area (Å²) in [6.07, 6.45) is 2.17. The Bertz CT molecular complexity index is 933. The van der Waals surface area contributed by atoms with Crippen LogP contribution in [0.5, 0.6) is 0 Å². The molecule has 3 rings (SSSR count). The van der Waals surface area contributed by atoms with E-state index in [0.717, 1.165) is 27.4 Å². The molecule has 0 saturated carbocycles. The third kappa shape index (κ3) is 4.75. The van der Waals surface area contributed by atoms with Crippen LogP contribution in [0.2, 0.25) is 0 Å². The van der Waals surface area contributed by atoms with Crippen LogP contribution < -0.4 is 5.32 Å². The largest absolute Gasteiger partial charge is 0.377 e. The average Bonchev–Trinajstić information content (AvgIpc) is 3.04. The lowest BCUT2D eigenvalue weighted by Gasteiger charge is -2.09. The topological polar surface area (TPSA) is 69.0 Å². The van der Waals surface area contributed by atoms with Gasteiger partial charge in [-0.2, -0.15) is 0 Å². The van der Waals surface area contributed by atoms with Gasteiger partial charge in [-0.3, -0.25) is 4.79 Å². The van der Waals surface area contributed by atoms with E-state index < -0.39 is 0 Å². The Labute approximate surface area is 162 Å². The van der Waals surface area contributed by atoms with Gasteiger partial charge in [-0.15, -0.1) is 16.8 Å². The Balaban J connectivity index is 1.59. The van der Waals surface area contributed by atoms with E-state index in [1.165, 1.54) is 11.8 Å². The van der Waals surface area contributed by atoms with Crippen LogP contribution in [0.4, 0.5) is 5.69 Å². The van der Waals surface area contributed by atoms with Crippen LogP contribution in [-0.2, 0) is 22.7 Å². The maximum Gasteiger partial charge on any atom is 0.225 e. The van der Waals surface area contributed by atoms with Gasteiger partial charge in [0.25, 0.3) is 0 Å². The number of amides is 1. The molecule has 0 saturated heterocycles. The minimum Gasteiger partial charge on any atom is -0.377 e. The molecule has 2 aromatic carbocycles. The van der Waals surface area contributed by atoms with Gasteiger partial charge in [-0.25, -0.2) is 0 Å². The summed E-state index contributed by atoms with van der Waals surface area (Å²) in [7, 11) is 1.62. The van der Waals surface area contributed by atoms with E-state index in [1.54, 1.807) is 13.2 Å². The van der Waals surface area contributed by atoms with Gasteiger partial charge in [0, 0.05) is 36.9 Å². The second kappa shape index (κ2) is 9.34. The first-order chi connectivity index (χ1) is 13.2. The number of anilines is 1. The summed E-state index contributed by atoms with van der Waals surface area (Å²) in [4.78, 5) is 12.4. The molecule has 0 atom stereocenters. The molecule has 0 aliphatic rings. The van der Waals surface area contributed by atoms with Crippen LogP contribution in [0.25, 0.3) is 10.8 Å². The molecule has 0 bridgehead atoms. The standard InChI is InChI=1S/C20H22N4O2S/c1-3-12-24-18(14-26-2)22-23-20(24)27-13-11-19(25)21-17-10-6-8-15-7-4-5-9-16(15)17/h3-10H,1,11-14H2,2H3,(H,21,25). The Morgan fingerprint density at radius 1 is 1.26 bits per heavy atom. The average molecular weight is 382 g/mol. The van der Waals surface area contributed by atoms with E-state index in [9.17, 15) is 4.79 Å². The van der Waals surface area contributed by atoms with Gasteiger partial charge in [-0.05, 0) is 11.5 Å². The molecule has 0 radical (unpaired) electrons. The predicted octanol–water partition coefficient (Wildman–Crippen LogP) is 3.88. The highest BCUT2D eigenvalue weighted by Crippen LogP contribution is 2.24. The van der Waals surface area contributed by atoms with Crippen molar-refractivity contribution in [3.8, 4) is 0 Å². The van der Waals surface area contributed by atoms with Crippen molar-refractivity contribution in [3.63, 3.8) is 0 Å². The number of carbonyl (C=O) groups is 1. The van der Waals surface area contributed by atoms with Gasteiger partial charge in [-0.1, -0.05) is 54.2 Å². The van der Waals surface area contributed by atoms with E-state index in [2.05, 4.69) is 22.1 Å². The smallest absolute Gasteiger partial charge is 0.225 e. The summed E-state index contributed by atoms with van der Waals surface area (Å²) in [5.41, 5.74) is 0.834. The van der Waals surface area contributed by atoms with Crippen LogP contribution in [0.3, 0.4) is 0 Å². The summed E-state index contributed by atoms with van der Waals surface area (Å²) >= 11 is 1.50. The van der Waals surface area contributed by atoms with Crippen molar-refractivity contribution in [2.24, 2.45) is 0 Å².